The average Bonchev–Trinajstić information content (AvgIpc) is 3.64. The first-order valence-electron chi connectivity index (χ1n) is 13.3. The van der Waals surface area contributed by atoms with Crippen LogP contribution >= 0.6 is 0 Å². The molecule has 8 N–H and O–H groups in total. The van der Waals surface area contributed by atoms with Crippen LogP contribution in [0.25, 0.3) is 33.2 Å². The molecule has 2 aromatic carbocycles. The van der Waals surface area contributed by atoms with Crippen LogP contribution in [-0.4, -0.2) is 74.1 Å². The van der Waals surface area contributed by atoms with Gasteiger partial charge in [-0.1, -0.05) is 12.1 Å². The van der Waals surface area contributed by atoms with Gasteiger partial charge in [0.1, 0.15) is 17.3 Å². The van der Waals surface area contributed by atoms with E-state index in [0.29, 0.717) is 28.9 Å². The van der Waals surface area contributed by atoms with Gasteiger partial charge in [0.2, 0.25) is 0 Å². The molecule has 0 bridgehead atoms. The fourth-order valence-electron chi connectivity index (χ4n) is 4.76. The molecule has 0 unspecified atom stereocenters. The Kier molecular flexibility index (Phi) is 6.96. The van der Waals surface area contributed by atoms with E-state index in [1.807, 2.05) is 42.5 Å². The maximum Gasteiger partial charge on any atom is 0.272 e. The zero-order valence-electron chi connectivity index (χ0n) is 22.6. The van der Waals surface area contributed by atoms with Crippen LogP contribution < -0.4 is 22.1 Å². The van der Waals surface area contributed by atoms with Crippen LogP contribution in [0.4, 0.5) is 11.5 Å². The summed E-state index contributed by atoms with van der Waals surface area (Å²) in [6.45, 7) is 3.49. The molecule has 0 saturated carbocycles. The lowest BCUT2D eigenvalue weighted by Crippen LogP contribution is -2.45. The first kappa shape index (κ1) is 25.9. The zero-order valence-corrected chi connectivity index (χ0v) is 22.6. The first-order valence-corrected chi connectivity index (χ1v) is 13.3. The van der Waals surface area contributed by atoms with E-state index >= 15 is 0 Å². The second kappa shape index (κ2) is 11.0. The van der Waals surface area contributed by atoms with E-state index in [2.05, 4.69) is 47.6 Å². The molecular formula is C29H31N11O. The van der Waals surface area contributed by atoms with Crippen LogP contribution in [0.1, 0.15) is 10.5 Å². The summed E-state index contributed by atoms with van der Waals surface area (Å²) in [5.74, 6) is 1.46. The lowest BCUT2D eigenvalue weighted by atomic mass is 10.1. The molecule has 0 radical (unpaired) electrons. The van der Waals surface area contributed by atoms with Crippen molar-refractivity contribution in [2.75, 3.05) is 38.5 Å². The van der Waals surface area contributed by atoms with Crippen LogP contribution in [-0.2, 0) is 0 Å². The fourth-order valence-corrected chi connectivity index (χ4v) is 4.76. The summed E-state index contributed by atoms with van der Waals surface area (Å²) in [4.78, 5) is 29.7. The van der Waals surface area contributed by atoms with Crippen molar-refractivity contribution in [2.45, 2.75) is 0 Å². The number of nitrogens with one attached hydrogen (secondary N) is 4. The topological polar surface area (TPSA) is 170 Å². The van der Waals surface area contributed by atoms with Crippen LogP contribution in [0.15, 0.2) is 84.7 Å². The van der Waals surface area contributed by atoms with E-state index in [9.17, 15) is 4.79 Å². The van der Waals surface area contributed by atoms with Crippen molar-refractivity contribution >= 4 is 39.2 Å². The Labute approximate surface area is 236 Å². The third kappa shape index (κ3) is 5.68. The van der Waals surface area contributed by atoms with Crippen molar-refractivity contribution in [1.29, 1.82) is 0 Å². The van der Waals surface area contributed by atoms with Gasteiger partial charge < -0.3 is 36.9 Å². The number of hydrogen-bond donors (Lipinski definition) is 6. The maximum absolute atomic E-state index is 13.1. The number of carbonyl (C=O) groups excluding carboxylic acids is 1. The van der Waals surface area contributed by atoms with Crippen LogP contribution in [0, 0.1) is 0 Å². The molecule has 3 aromatic heterocycles. The molecule has 0 atom stereocenters. The number of fused-ring (bicyclic) bond motifs is 2. The van der Waals surface area contributed by atoms with Gasteiger partial charge in [-0.05, 0) is 43.4 Å². The smallest absolute Gasteiger partial charge is 0.272 e. The SMILES string of the molecule is CN1CCN(/C(N)=C/C(=C\N)NC(=O)c2cc3ccc(-c4nccc(Nc5ccc6[nH]ncc6c5)n4)cc3[nH]2)CC1. The Morgan fingerprint density at radius 3 is 2.71 bits per heavy atom. The number of aromatic nitrogens is 5. The number of nitrogens with zero attached hydrogens (tertiary/aromatic N) is 5. The Bertz CT molecular complexity index is 1780. The van der Waals surface area contributed by atoms with Crippen molar-refractivity contribution in [3.05, 3.63) is 90.4 Å². The van der Waals surface area contributed by atoms with Gasteiger partial charge in [0, 0.05) is 72.2 Å². The molecule has 1 fully saturated rings. The number of piperazine rings is 1. The van der Waals surface area contributed by atoms with Crippen molar-refractivity contribution < 1.29 is 4.79 Å². The second-order valence-electron chi connectivity index (χ2n) is 9.98. The van der Waals surface area contributed by atoms with Crippen molar-refractivity contribution in [3.63, 3.8) is 0 Å². The summed E-state index contributed by atoms with van der Waals surface area (Å²) in [6, 6.07) is 15.3. The van der Waals surface area contributed by atoms with Gasteiger partial charge >= 0.3 is 0 Å². The number of rotatable bonds is 7. The maximum atomic E-state index is 13.1. The number of hydrogen-bond acceptors (Lipinski definition) is 9. The molecule has 41 heavy (non-hydrogen) atoms. The second-order valence-corrected chi connectivity index (χ2v) is 9.98. The summed E-state index contributed by atoms with van der Waals surface area (Å²) < 4.78 is 0. The Morgan fingerprint density at radius 1 is 1.02 bits per heavy atom. The lowest BCUT2D eigenvalue weighted by molar-refractivity contribution is 0.0963. The number of anilines is 2. The largest absolute Gasteiger partial charge is 0.403 e. The molecule has 5 aromatic rings. The van der Waals surface area contributed by atoms with Gasteiger partial charge in [0.15, 0.2) is 5.82 Å². The number of H-pyrrole nitrogens is 2. The number of likely N-dealkylation sites (N-methyl/N-ethyl adjacent to an activating group) is 1. The van der Waals surface area contributed by atoms with E-state index in [-0.39, 0.29) is 5.91 Å². The van der Waals surface area contributed by atoms with Gasteiger partial charge in [-0.25, -0.2) is 9.97 Å². The average molecular weight is 550 g/mol. The molecule has 0 spiro atoms. The molecule has 1 amide bonds. The van der Waals surface area contributed by atoms with E-state index in [4.69, 9.17) is 16.5 Å². The summed E-state index contributed by atoms with van der Waals surface area (Å²) in [6.07, 6.45) is 6.52. The molecule has 12 nitrogen and oxygen atoms in total. The Balaban J connectivity index is 1.17. The van der Waals surface area contributed by atoms with Crippen molar-refractivity contribution in [1.82, 2.24) is 40.3 Å². The van der Waals surface area contributed by atoms with Crippen molar-refractivity contribution in [2.24, 2.45) is 11.5 Å². The zero-order chi connectivity index (χ0) is 28.3. The molecule has 208 valence electrons. The molecule has 12 heteroatoms. The highest BCUT2D eigenvalue weighted by atomic mass is 16.1. The normalized spacial score (nSPS) is 15.0. The first-order chi connectivity index (χ1) is 19.9. The van der Waals surface area contributed by atoms with E-state index in [0.717, 1.165) is 59.2 Å². The lowest BCUT2D eigenvalue weighted by Gasteiger charge is -2.34. The molecular weight excluding hydrogens is 518 g/mol. The van der Waals surface area contributed by atoms with Gasteiger partial charge in [-0.2, -0.15) is 5.10 Å². The standard InChI is InChI=1S/C29H31N11O/c1-39-8-10-40(11-9-39)26(31)15-22(16-30)35-29(41)25-13-18-2-3-19(14-24(18)36-25)28-32-7-6-27(37-28)34-21-4-5-23-20(12-21)17-33-38-23/h2-7,12-17,36H,8-11,30-31H2,1H3,(H,33,38)(H,35,41)(H,32,34,37)/b22-16+,26-15+. The van der Waals surface area contributed by atoms with E-state index in [1.165, 1.54) is 6.20 Å². The molecule has 1 aliphatic rings. The number of allylic oxidation sites excluding steroid dienone is 1. The monoisotopic (exact) mass is 549 g/mol. The minimum absolute atomic E-state index is 0.320. The molecule has 0 aliphatic carbocycles. The van der Waals surface area contributed by atoms with E-state index < -0.39 is 0 Å². The highest BCUT2D eigenvalue weighted by Crippen LogP contribution is 2.25. The molecule has 6 rings (SSSR count). The molecule has 1 aliphatic heterocycles. The van der Waals surface area contributed by atoms with Gasteiger partial charge in [0.25, 0.3) is 5.91 Å². The highest BCUT2D eigenvalue weighted by Gasteiger charge is 2.16. The van der Waals surface area contributed by atoms with E-state index in [1.54, 1.807) is 24.5 Å². The third-order valence-electron chi connectivity index (χ3n) is 7.10. The number of carbonyl (C=O) groups is 1. The van der Waals surface area contributed by atoms with Crippen LogP contribution in [0.3, 0.4) is 0 Å². The van der Waals surface area contributed by atoms with Gasteiger partial charge in [-0.3, -0.25) is 9.89 Å². The third-order valence-corrected chi connectivity index (χ3v) is 7.10. The number of aromatic amines is 2. The predicted octanol–water partition coefficient (Wildman–Crippen LogP) is 2.82. The molecule has 4 heterocycles. The predicted molar refractivity (Wildman–Crippen MR) is 160 cm³/mol. The molecule has 1 saturated heterocycles. The Morgan fingerprint density at radius 2 is 1.88 bits per heavy atom. The van der Waals surface area contributed by atoms with Crippen LogP contribution in [0.5, 0.6) is 0 Å². The summed E-state index contributed by atoms with van der Waals surface area (Å²) in [7, 11) is 2.08. The number of amides is 1. The fraction of sp³-hybridized carbons (Fsp3) is 0.172. The summed E-state index contributed by atoms with van der Waals surface area (Å²) in [5.41, 5.74) is 16.4. The van der Waals surface area contributed by atoms with Crippen molar-refractivity contribution in [3.8, 4) is 11.4 Å². The quantitative estimate of drug-likeness (QED) is 0.167. The Hall–Kier alpha value is -5.36. The minimum atomic E-state index is -0.320. The summed E-state index contributed by atoms with van der Waals surface area (Å²) in [5, 5.41) is 15.1. The number of benzene rings is 2. The summed E-state index contributed by atoms with van der Waals surface area (Å²) >= 11 is 0. The van der Waals surface area contributed by atoms with Crippen LogP contribution in [0.2, 0.25) is 0 Å². The number of nitrogens with two attached hydrogens (primary N) is 2. The van der Waals surface area contributed by atoms with Gasteiger partial charge in [0.05, 0.1) is 17.4 Å². The minimum Gasteiger partial charge on any atom is -0.403 e. The highest BCUT2D eigenvalue weighted by molar-refractivity contribution is 5.99. The van der Waals surface area contributed by atoms with Gasteiger partial charge in [-0.15, -0.1) is 0 Å².